The van der Waals surface area contributed by atoms with Crippen LogP contribution >= 0.6 is 58.0 Å². The fourth-order valence-electron chi connectivity index (χ4n) is 2.30. The molecule has 22 heavy (non-hydrogen) atoms. The van der Waals surface area contributed by atoms with E-state index in [2.05, 4.69) is 0 Å². The Morgan fingerprint density at radius 1 is 0.818 bits per heavy atom. The highest BCUT2D eigenvalue weighted by atomic mass is 35.5. The van der Waals surface area contributed by atoms with Crippen LogP contribution in [0.25, 0.3) is 0 Å². The lowest BCUT2D eigenvalue weighted by Crippen LogP contribution is -2.01. The normalized spacial score (nSPS) is 10.9. The van der Waals surface area contributed by atoms with E-state index in [9.17, 15) is 0 Å². The third-order valence-corrected chi connectivity index (χ3v) is 5.57. The van der Waals surface area contributed by atoms with Crippen molar-refractivity contribution in [2.45, 2.75) is 20.3 Å². The molecule has 0 fully saturated rings. The highest BCUT2D eigenvalue weighted by Crippen LogP contribution is 2.42. The van der Waals surface area contributed by atoms with Gasteiger partial charge in [-0.2, -0.15) is 0 Å². The number of benzene rings is 2. The van der Waals surface area contributed by atoms with Gasteiger partial charge >= 0.3 is 0 Å². The first-order chi connectivity index (χ1) is 10.3. The van der Waals surface area contributed by atoms with Crippen molar-refractivity contribution in [3.63, 3.8) is 0 Å². The van der Waals surface area contributed by atoms with Gasteiger partial charge in [-0.1, -0.05) is 58.0 Å². The molecule has 6 heteroatoms. The largest absolute Gasteiger partial charge is 0.495 e. The van der Waals surface area contributed by atoms with Gasteiger partial charge in [0, 0.05) is 12.0 Å². The number of halogens is 5. The Morgan fingerprint density at radius 2 is 1.36 bits per heavy atom. The first kappa shape index (κ1) is 18.0. The Morgan fingerprint density at radius 3 is 1.95 bits per heavy atom. The molecule has 2 rings (SSSR count). The average molecular weight is 399 g/mol. The maximum Gasteiger partial charge on any atom is 0.142 e. The van der Waals surface area contributed by atoms with Gasteiger partial charge in [0.2, 0.25) is 0 Å². The average Bonchev–Trinajstić information content (AvgIpc) is 2.46. The lowest BCUT2D eigenvalue weighted by Gasteiger charge is -2.17. The van der Waals surface area contributed by atoms with Crippen molar-refractivity contribution in [3.8, 4) is 5.75 Å². The summed E-state index contributed by atoms with van der Waals surface area (Å²) < 4.78 is 5.37. The molecule has 0 bridgehead atoms. The standard InChI is InChI=1S/C16H13Cl5O/c1-7-4-11(17)14(20)9(8(7)2)5-10-15(21)12(18)6-13(19)16(10)22-3/h4,6H,5H2,1-3H3. The van der Waals surface area contributed by atoms with Crippen LogP contribution in [0.4, 0.5) is 0 Å². The quantitative estimate of drug-likeness (QED) is 0.498. The van der Waals surface area contributed by atoms with Gasteiger partial charge in [0.05, 0.1) is 32.2 Å². The number of ether oxygens (including phenoxy) is 1. The summed E-state index contributed by atoms with van der Waals surface area (Å²) >= 11 is 31.2. The molecule has 0 aliphatic rings. The van der Waals surface area contributed by atoms with E-state index in [4.69, 9.17) is 62.7 Å². The van der Waals surface area contributed by atoms with E-state index in [1.807, 2.05) is 19.9 Å². The first-order valence-corrected chi connectivity index (χ1v) is 8.31. The topological polar surface area (TPSA) is 9.23 Å². The van der Waals surface area contributed by atoms with Crippen molar-refractivity contribution >= 4 is 58.0 Å². The molecule has 0 amide bonds. The second-order valence-electron chi connectivity index (χ2n) is 4.94. The number of hydrogen-bond acceptors (Lipinski definition) is 1. The molecule has 0 unspecified atom stereocenters. The molecule has 0 radical (unpaired) electrons. The molecule has 0 saturated heterocycles. The summed E-state index contributed by atoms with van der Waals surface area (Å²) in [6, 6.07) is 3.40. The summed E-state index contributed by atoms with van der Waals surface area (Å²) in [6.45, 7) is 3.96. The van der Waals surface area contributed by atoms with E-state index in [0.717, 1.165) is 16.7 Å². The Hall–Kier alpha value is -0.310. The number of hydrogen-bond donors (Lipinski definition) is 0. The first-order valence-electron chi connectivity index (χ1n) is 6.42. The summed E-state index contributed by atoms with van der Waals surface area (Å²) in [5.41, 5.74) is 3.66. The molecule has 0 aliphatic heterocycles. The smallest absolute Gasteiger partial charge is 0.142 e. The molecule has 2 aromatic carbocycles. The third kappa shape index (κ3) is 3.29. The second kappa shape index (κ2) is 7.07. The molecule has 0 aliphatic carbocycles. The fraction of sp³-hybridized carbons (Fsp3) is 0.250. The zero-order valence-corrected chi connectivity index (χ0v) is 15.9. The van der Waals surface area contributed by atoms with Gasteiger partial charge in [0.1, 0.15) is 5.75 Å². The highest BCUT2D eigenvalue weighted by molar-refractivity contribution is 6.44. The molecule has 0 aromatic heterocycles. The van der Waals surface area contributed by atoms with Gasteiger partial charge in [-0.25, -0.2) is 0 Å². The maximum atomic E-state index is 6.37. The molecular formula is C16H13Cl5O. The van der Waals surface area contributed by atoms with Crippen LogP contribution in [0.15, 0.2) is 12.1 Å². The van der Waals surface area contributed by atoms with Crippen molar-refractivity contribution < 1.29 is 4.74 Å². The minimum absolute atomic E-state index is 0.370. The SMILES string of the molecule is COc1c(Cl)cc(Cl)c(Cl)c1Cc1c(C)c(C)cc(Cl)c1Cl. The molecular weight excluding hydrogens is 385 g/mol. The van der Waals surface area contributed by atoms with E-state index >= 15 is 0 Å². The number of rotatable bonds is 3. The summed E-state index contributed by atoms with van der Waals surface area (Å²) in [5.74, 6) is 0.490. The predicted molar refractivity (Wildman–Crippen MR) is 96.8 cm³/mol. The van der Waals surface area contributed by atoms with Gasteiger partial charge in [-0.3, -0.25) is 0 Å². The van der Waals surface area contributed by atoms with Crippen molar-refractivity contribution in [1.82, 2.24) is 0 Å². The van der Waals surface area contributed by atoms with Crippen molar-refractivity contribution in [3.05, 3.63) is 59.5 Å². The molecule has 2 aromatic rings. The van der Waals surface area contributed by atoms with E-state index in [0.29, 0.717) is 42.8 Å². The summed E-state index contributed by atoms with van der Waals surface area (Å²) in [6.07, 6.45) is 0.425. The summed E-state index contributed by atoms with van der Waals surface area (Å²) in [7, 11) is 1.53. The molecule has 118 valence electrons. The van der Waals surface area contributed by atoms with E-state index in [1.54, 1.807) is 6.07 Å². The fourth-order valence-corrected chi connectivity index (χ4v) is 3.63. The molecule has 0 spiro atoms. The summed E-state index contributed by atoms with van der Waals surface area (Å²) in [5, 5.41) is 2.17. The number of methoxy groups -OCH3 is 1. The van der Waals surface area contributed by atoms with Crippen LogP contribution in [0.5, 0.6) is 5.75 Å². The Kier molecular flexibility index (Phi) is 5.79. The van der Waals surface area contributed by atoms with Gasteiger partial charge in [-0.15, -0.1) is 0 Å². The zero-order chi connectivity index (χ0) is 16.6. The zero-order valence-electron chi connectivity index (χ0n) is 12.2. The third-order valence-electron chi connectivity index (χ3n) is 3.64. The van der Waals surface area contributed by atoms with E-state index in [1.165, 1.54) is 7.11 Å². The Bertz CT molecular complexity index is 714. The Labute approximate surface area is 155 Å². The van der Waals surface area contributed by atoms with E-state index < -0.39 is 0 Å². The minimum Gasteiger partial charge on any atom is -0.495 e. The molecule has 1 nitrogen and oxygen atoms in total. The van der Waals surface area contributed by atoms with Crippen LogP contribution in [-0.4, -0.2) is 7.11 Å². The lowest BCUT2D eigenvalue weighted by atomic mass is 9.96. The van der Waals surface area contributed by atoms with E-state index in [-0.39, 0.29) is 0 Å². The molecule has 0 N–H and O–H groups in total. The lowest BCUT2D eigenvalue weighted by molar-refractivity contribution is 0.411. The minimum atomic E-state index is 0.370. The molecule has 0 heterocycles. The van der Waals surface area contributed by atoms with Crippen LogP contribution in [0, 0.1) is 13.8 Å². The van der Waals surface area contributed by atoms with Crippen LogP contribution < -0.4 is 4.74 Å². The van der Waals surface area contributed by atoms with Crippen molar-refractivity contribution in [2.75, 3.05) is 7.11 Å². The Balaban J connectivity index is 2.67. The second-order valence-corrected chi connectivity index (χ2v) is 6.91. The predicted octanol–water partition coefficient (Wildman–Crippen LogP) is 7.17. The van der Waals surface area contributed by atoms with Crippen LogP contribution in [0.3, 0.4) is 0 Å². The highest BCUT2D eigenvalue weighted by Gasteiger charge is 2.20. The number of aryl methyl sites for hydroxylation is 1. The van der Waals surface area contributed by atoms with Crippen molar-refractivity contribution in [1.29, 1.82) is 0 Å². The van der Waals surface area contributed by atoms with Crippen molar-refractivity contribution in [2.24, 2.45) is 0 Å². The van der Waals surface area contributed by atoms with Crippen LogP contribution in [0.1, 0.15) is 22.3 Å². The van der Waals surface area contributed by atoms with Gasteiger partial charge < -0.3 is 4.74 Å². The van der Waals surface area contributed by atoms with Gasteiger partial charge in [-0.05, 0) is 42.7 Å². The van der Waals surface area contributed by atoms with Gasteiger partial charge in [0.25, 0.3) is 0 Å². The maximum absolute atomic E-state index is 6.37. The molecule has 0 saturated carbocycles. The molecule has 0 atom stereocenters. The monoisotopic (exact) mass is 396 g/mol. The summed E-state index contributed by atoms with van der Waals surface area (Å²) in [4.78, 5) is 0. The van der Waals surface area contributed by atoms with Crippen LogP contribution in [-0.2, 0) is 6.42 Å². The van der Waals surface area contributed by atoms with Crippen LogP contribution in [0.2, 0.25) is 25.1 Å². The van der Waals surface area contributed by atoms with Gasteiger partial charge in [0.15, 0.2) is 0 Å².